The highest BCUT2D eigenvalue weighted by atomic mass is 16.5. The van der Waals surface area contributed by atoms with Crippen molar-refractivity contribution in [2.45, 2.75) is 19.6 Å². The number of nitrogens with zero attached hydrogens (tertiary/aromatic N) is 4. The molecule has 0 aliphatic rings. The molecule has 0 saturated carbocycles. The Morgan fingerprint density at radius 3 is 2.50 bits per heavy atom. The topological polar surface area (TPSA) is 194 Å². The minimum Gasteiger partial charge on any atom is -0.497 e. The van der Waals surface area contributed by atoms with Gasteiger partial charge in [0.25, 0.3) is 5.97 Å². The number of rotatable bonds is 9. The van der Waals surface area contributed by atoms with Crippen LogP contribution in [0.15, 0.2) is 65.6 Å². The highest BCUT2D eigenvalue weighted by Gasteiger charge is 2.22. The molecule has 0 bridgehead atoms. The number of benzene rings is 2. The Morgan fingerprint density at radius 1 is 1.21 bits per heavy atom. The molecule has 13 nitrogen and oxygen atoms in total. The van der Waals surface area contributed by atoms with E-state index in [1.165, 1.54) is 6.20 Å². The van der Waals surface area contributed by atoms with Gasteiger partial charge in [-0.2, -0.15) is 9.78 Å². The first-order chi connectivity index (χ1) is 18.2. The summed E-state index contributed by atoms with van der Waals surface area (Å²) in [7, 11) is 3.20. The molecule has 2 aromatic carbocycles. The number of nitrogens with one attached hydrogen (secondary N) is 3. The minimum absolute atomic E-state index is 0.0212. The van der Waals surface area contributed by atoms with Crippen molar-refractivity contribution in [1.82, 2.24) is 25.0 Å². The van der Waals surface area contributed by atoms with Crippen LogP contribution in [0.1, 0.15) is 35.5 Å². The second kappa shape index (κ2) is 12.8. The smallest absolute Gasteiger partial charge is 0.349 e. The number of aromatic amines is 1. The number of hydrogen-bond donors (Lipinski definition) is 5. The lowest BCUT2D eigenvalue weighted by Gasteiger charge is -2.20. The van der Waals surface area contributed by atoms with E-state index < -0.39 is 17.7 Å². The number of carboxylic acids is 1. The molecule has 198 valence electrons. The average molecular weight is 521 g/mol. The predicted molar refractivity (Wildman–Crippen MR) is 140 cm³/mol. The summed E-state index contributed by atoms with van der Waals surface area (Å²) in [6.07, 6.45) is 1.52. The lowest BCUT2D eigenvalue weighted by atomic mass is 10.0. The number of methoxy groups -OCH3 is 2. The van der Waals surface area contributed by atoms with Gasteiger partial charge in [-0.1, -0.05) is 6.07 Å². The summed E-state index contributed by atoms with van der Waals surface area (Å²) in [5, 5.41) is 30.7. The molecule has 0 aliphatic heterocycles. The van der Waals surface area contributed by atoms with Gasteiger partial charge in [0.2, 0.25) is 0 Å². The number of aliphatic carboxylic acids is 1. The summed E-state index contributed by atoms with van der Waals surface area (Å²) in [6, 6.07) is 15.5. The third-order valence-corrected chi connectivity index (χ3v) is 5.06. The van der Waals surface area contributed by atoms with Crippen molar-refractivity contribution < 1.29 is 19.4 Å². The molecule has 13 heteroatoms. The molecule has 38 heavy (non-hydrogen) atoms. The fraction of sp³-hybridized carbons (Fsp3) is 0.200. The number of amidine groups is 1. The molecule has 6 N–H and O–H groups in total. The van der Waals surface area contributed by atoms with Gasteiger partial charge < -0.3 is 25.6 Å². The number of ether oxygens (including phenoxy) is 2. The first kappa shape index (κ1) is 27.5. The van der Waals surface area contributed by atoms with Gasteiger partial charge in [-0.3, -0.25) is 15.2 Å². The van der Waals surface area contributed by atoms with Crippen LogP contribution >= 0.6 is 0 Å². The van der Waals surface area contributed by atoms with Crippen molar-refractivity contribution >= 4 is 17.5 Å². The zero-order chi connectivity index (χ0) is 27.7. The average Bonchev–Trinajstić information content (AvgIpc) is 3.28. The number of H-pyrrole nitrogens is 1. The van der Waals surface area contributed by atoms with Crippen LogP contribution in [0.25, 0.3) is 5.82 Å². The number of carbonyl (C=O) groups is 1. The van der Waals surface area contributed by atoms with Crippen molar-refractivity contribution in [3.63, 3.8) is 0 Å². The van der Waals surface area contributed by atoms with Crippen LogP contribution in [0.3, 0.4) is 0 Å². The van der Waals surface area contributed by atoms with Crippen molar-refractivity contribution in [2.75, 3.05) is 19.5 Å². The maximum Gasteiger partial charge on any atom is 0.349 e. The Hall–Kier alpha value is -5.04. The molecule has 0 saturated heterocycles. The van der Waals surface area contributed by atoms with E-state index in [0.717, 1.165) is 28.4 Å². The first-order valence-corrected chi connectivity index (χ1v) is 11.3. The van der Waals surface area contributed by atoms with Crippen LogP contribution in [-0.2, 0) is 16.1 Å². The molecule has 0 aliphatic carbocycles. The van der Waals surface area contributed by atoms with Crippen molar-refractivity contribution in [1.29, 1.82) is 5.41 Å². The SMILES string of the molecule is CC(=O)O.COCc1cc(OC)cc(C(Nc2ccc(C(=N)N)cc2)c2nn(-c3cccnn3)c(=O)[nH]2)c1. The Kier molecular flexibility index (Phi) is 9.26. The normalized spacial score (nSPS) is 11.1. The van der Waals surface area contributed by atoms with Crippen molar-refractivity contribution in [2.24, 2.45) is 5.73 Å². The zero-order valence-electron chi connectivity index (χ0n) is 21.0. The largest absolute Gasteiger partial charge is 0.497 e. The quantitative estimate of drug-likeness (QED) is 0.161. The molecular formula is C25H28N8O5. The fourth-order valence-electron chi connectivity index (χ4n) is 3.48. The van der Waals surface area contributed by atoms with E-state index in [9.17, 15) is 4.79 Å². The predicted octanol–water partition coefficient (Wildman–Crippen LogP) is 2.08. The van der Waals surface area contributed by atoms with Gasteiger partial charge in [0.15, 0.2) is 11.6 Å². The molecule has 4 aromatic rings. The number of nitrogens with two attached hydrogens (primary N) is 1. The van der Waals surface area contributed by atoms with Gasteiger partial charge in [-0.05, 0) is 59.7 Å². The van der Waals surface area contributed by atoms with Crippen LogP contribution in [0, 0.1) is 5.41 Å². The number of aromatic nitrogens is 5. The summed E-state index contributed by atoms with van der Waals surface area (Å²) < 4.78 is 11.9. The maximum atomic E-state index is 12.7. The maximum absolute atomic E-state index is 12.7. The summed E-state index contributed by atoms with van der Waals surface area (Å²) in [5.74, 6) is 0.444. The second-order valence-electron chi connectivity index (χ2n) is 7.94. The molecule has 0 fully saturated rings. The Balaban J connectivity index is 0.000000934. The van der Waals surface area contributed by atoms with Crippen LogP contribution in [0.4, 0.5) is 5.69 Å². The summed E-state index contributed by atoms with van der Waals surface area (Å²) in [6.45, 7) is 1.47. The summed E-state index contributed by atoms with van der Waals surface area (Å²) >= 11 is 0. The summed E-state index contributed by atoms with van der Waals surface area (Å²) in [4.78, 5) is 24.5. The molecule has 0 radical (unpaired) electrons. The van der Waals surface area contributed by atoms with Crippen LogP contribution < -0.4 is 21.5 Å². The monoisotopic (exact) mass is 520 g/mol. The first-order valence-electron chi connectivity index (χ1n) is 11.3. The number of carboxylic acid groups (broad SMARTS) is 1. The van der Waals surface area contributed by atoms with E-state index in [0.29, 0.717) is 29.6 Å². The van der Waals surface area contributed by atoms with Gasteiger partial charge >= 0.3 is 5.69 Å². The lowest BCUT2D eigenvalue weighted by molar-refractivity contribution is -0.134. The fourth-order valence-corrected chi connectivity index (χ4v) is 3.48. The Labute approximate surface area is 217 Å². The zero-order valence-corrected chi connectivity index (χ0v) is 21.0. The molecule has 0 spiro atoms. The van der Waals surface area contributed by atoms with Gasteiger partial charge in [-0.25, -0.2) is 4.79 Å². The Morgan fingerprint density at radius 2 is 1.92 bits per heavy atom. The van der Waals surface area contributed by atoms with Crippen molar-refractivity contribution in [3.8, 4) is 11.6 Å². The van der Waals surface area contributed by atoms with Gasteiger partial charge in [0.1, 0.15) is 17.6 Å². The summed E-state index contributed by atoms with van der Waals surface area (Å²) in [5.41, 5.74) is 8.15. The standard InChI is InChI=1S/C23H24N8O3.C2H4O2/c1-33-13-14-10-16(12-18(11-14)34-2)20(27-17-7-5-15(6-8-17)21(24)25)22-28-23(32)31(30-22)19-4-3-9-26-29-19;1-2(3)4/h3-12,20,27H,13H2,1-2H3,(H3,24,25)(H,28,30,32);1H3,(H,3,4). The third kappa shape index (κ3) is 7.24. The van der Waals surface area contributed by atoms with E-state index in [1.807, 2.05) is 18.2 Å². The van der Waals surface area contributed by atoms with Gasteiger partial charge in [0.05, 0.1) is 13.7 Å². The van der Waals surface area contributed by atoms with E-state index in [2.05, 4.69) is 25.6 Å². The molecule has 1 unspecified atom stereocenters. The molecule has 0 amide bonds. The highest BCUT2D eigenvalue weighted by molar-refractivity contribution is 5.95. The lowest BCUT2D eigenvalue weighted by Crippen LogP contribution is -2.17. The van der Waals surface area contributed by atoms with E-state index in [4.69, 9.17) is 30.5 Å². The third-order valence-electron chi connectivity index (χ3n) is 5.06. The van der Waals surface area contributed by atoms with E-state index in [1.54, 1.807) is 50.6 Å². The number of anilines is 1. The molecule has 4 rings (SSSR count). The van der Waals surface area contributed by atoms with Crippen LogP contribution in [0.5, 0.6) is 5.75 Å². The van der Waals surface area contributed by atoms with Crippen LogP contribution in [0.2, 0.25) is 0 Å². The van der Waals surface area contributed by atoms with Gasteiger partial charge in [0, 0.05) is 31.5 Å². The van der Waals surface area contributed by atoms with Crippen LogP contribution in [-0.4, -0.2) is 56.1 Å². The number of nitrogen functional groups attached to an aromatic ring is 1. The Bertz CT molecular complexity index is 1430. The molecular weight excluding hydrogens is 492 g/mol. The number of hydrogen-bond acceptors (Lipinski definition) is 9. The van der Waals surface area contributed by atoms with Gasteiger partial charge in [-0.15, -0.1) is 10.2 Å². The van der Waals surface area contributed by atoms with Crippen molar-refractivity contribution in [3.05, 3.63) is 93.8 Å². The van der Waals surface area contributed by atoms with E-state index >= 15 is 0 Å². The minimum atomic E-state index is -0.833. The molecule has 1 atom stereocenters. The second-order valence-corrected chi connectivity index (χ2v) is 7.94. The molecule has 2 heterocycles. The highest BCUT2D eigenvalue weighted by Crippen LogP contribution is 2.29. The molecule has 2 aromatic heterocycles. The van der Waals surface area contributed by atoms with E-state index in [-0.39, 0.29) is 5.84 Å².